The predicted molar refractivity (Wildman–Crippen MR) is 156 cm³/mol. The first-order valence-corrected chi connectivity index (χ1v) is 17.8. The van der Waals surface area contributed by atoms with Gasteiger partial charge < -0.3 is 14.3 Å². The summed E-state index contributed by atoms with van der Waals surface area (Å²) in [7, 11) is -0.332. The van der Waals surface area contributed by atoms with Crippen molar-refractivity contribution in [3.05, 3.63) is 34.0 Å². The molecule has 1 aromatic rings. The van der Waals surface area contributed by atoms with Crippen LogP contribution in [0.5, 0.6) is 0 Å². The van der Waals surface area contributed by atoms with Crippen molar-refractivity contribution in [2.45, 2.75) is 115 Å². The number of carbonyl (C=O) groups excluding carboxylic acids is 1. The van der Waals surface area contributed by atoms with Crippen molar-refractivity contribution in [3.63, 3.8) is 0 Å². The van der Waals surface area contributed by atoms with Gasteiger partial charge in [0.15, 0.2) is 8.32 Å². The van der Waals surface area contributed by atoms with E-state index in [9.17, 15) is 9.90 Å². The van der Waals surface area contributed by atoms with E-state index in [0.29, 0.717) is 22.6 Å². The molecule has 1 aliphatic carbocycles. The van der Waals surface area contributed by atoms with E-state index >= 15 is 0 Å². The molecule has 7 heteroatoms. The number of aryl methyl sites for hydroxylation is 1. The molecule has 4 nitrogen and oxygen atoms in total. The number of thiophene rings is 1. The Balaban J connectivity index is 1.80. The van der Waals surface area contributed by atoms with Gasteiger partial charge >= 0.3 is 5.97 Å². The lowest BCUT2D eigenvalue weighted by Gasteiger charge is -2.38. The Labute approximate surface area is 229 Å². The molecule has 206 valence electrons. The molecular weight excluding hydrogens is 508 g/mol. The Bertz CT molecular complexity index is 847. The van der Waals surface area contributed by atoms with Crippen LogP contribution in [-0.2, 0) is 15.6 Å². The average Bonchev–Trinajstić information content (AvgIpc) is 3.35. The lowest BCUT2D eigenvalue weighted by Crippen LogP contribution is -2.43. The molecule has 2 rings (SSSR count). The van der Waals surface area contributed by atoms with Crippen LogP contribution in [0.2, 0.25) is 18.1 Å². The zero-order valence-electron chi connectivity index (χ0n) is 23.7. The number of esters is 1. The second-order valence-electron chi connectivity index (χ2n) is 12.2. The molecule has 0 saturated heterocycles. The highest BCUT2D eigenvalue weighted by Gasteiger charge is 2.39. The number of hydrogen-bond donors (Lipinski definition) is 1. The number of aliphatic hydroxyl groups excluding tert-OH is 1. The Hall–Kier alpha value is -0.663. The quantitative estimate of drug-likeness (QED) is 0.115. The van der Waals surface area contributed by atoms with Gasteiger partial charge in [0.25, 0.3) is 0 Å². The Morgan fingerprint density at radius 1 is 1.28 bits per heavy atom. The van der Waals surface area contributed by atoms with Crippen LogP contribution in [0.3, 0.4) is 0 Å². The number of halogens is 1. The molecule has 1 fully saturated rings. The first kappa shape index (κ1) is 31.6. The van der Waals surface area contributed by atoms with Crippen molar-refractivity contribution in [1.82, 2.24) is 0 Å². The number of carbonyl (C=O) groups is 1. The maximum Gasteiger partial charge on any atom is 0.348 e. The van der Waals surface area contributed by atoms with E-state index in [0.717, 1.165) is 44.9 Å². The molecule has 1 aromatic heterocycles. The zero-order valence-corrected chi connectivity index (χ0v) is 26.3. The van der Waals surface area contributed by atoms with Crippen molar-refractivity contribution in [1.29, 1.82) is 0 Å². The molecule has 1 heterocycles. The highest BCUT2D eigenvalue weighted by molar-refractivity contribution is 7.13. The Morgan fingerprint density at radius 3 is 2.61 bits per heavy atom. The number of rotatable bonds is 13. The van der Waals surface area contributed by atoms with Crippen LogP contribution in [0.1, 0.15) is 87.7 Å². The summed E-state index contributed by atoms with van der Waals surface area (Å²) >= 11 is 8.28. The summed E-state index contributed by atoms with van der Waals surface area (Å²) in [5.41, 5.74) is 0. The fraction of sp³-hybridized carbons (Fsp3) is 0.759. The summed E-state index contributed by atoms with van der Waals surface area (Å²) in [6, 6.07) is 3.87. The largest absolute Gasteiger partial charge is 0.465 e. The third kappa shape index (κ3) is 9.27. The summed E-state index contributed by atoms with van der Waals surface area (Å²) in [5.74, 6) is 1.07. The lowest BCUT2D eigenvalue weighted by atomic mass is 9.86. The van der Waals surface area contributed by atoms with Crippen LogP contribution in [0.4, 0.5) is 0 Å². The minimum Gasteiger partial charge on any atom is -0.465 e. The van der Waals surface area contributed by atoms with Crippen LogP contribution in [-0.4, -0.2) is 44.1 Å². The molecule has 1 N–H and O–H groups in total. The predicted octanol–water partition coefficient (Wildman–Crippen LogP) is 8.23. The van der Waals surface area contributed by atoms with Crippen LogP contribution < -0.4 is 0 Å². The van der Waals surface area contributed by atoms with E-state index in [1.807, 2.05) is 18.2 Å². The number of aliphatic hydroxyl groups is 1. The van der Waals surface area contributed by atoms with Gasteiger partial charge in [-0.05, 0) is 99.9 Å². The van der Waals surface area contributed by atoms with Crippen molar-refractivity contribution in [3.8, 4) is 0 Å². The van der Waals surface area contributed by atoms with Gasteiger partial charge in [0.2, 0.25) is 0 Å². The second-order valence-corrected chi connectivity index (χ2v) is 18.7. The van der Waals surface area contributed by atoms with E-state index in [4.69, 9.17) is 20.8 Å². The summed E-state index contributed by atoms with van der Waals surface area (Å²) in [6.07, 6.45) is 10.8. The Kier molecular flexibility index (Phi) is 12.2. The minimum absolute atomic E-state index is 0.175. The number of hydrogen-bond acceptors (Lipinski definition) is 5. The molecule has 36 heavy (non-hydrogen) atoms. The SMILES string of the molecule is COC(=O)c1ccc(CCC[C@@H]2[C@@H](/C=C/[C@@H](O)CCC[C@H](C)O[Si](C)(C)C(C)(C)C)[C@H](C)C[C@H]2Cl)s1. The first-order valence-electron chi connectivity index (χ1n) is 13.6. The molecule has 0 radical (unpaired) electrons. The van der Waals surface area contributed by atoms with E-state index in [-0.39, 0.29) is 22.5 Å². The molecule has 0 spiro atoms. The van der Waals surface area contributed by atoms with Crippen molar-refractivity contribution in [2.24, 2.45) is 17.8 Å². The average molecular weight is 557 g/mol. The third-order valence-corrected chi connectivity index (χ3v) is 14.4. The highest BCUT2D eigenvalue weighted by atomic mass is 35.5. The van der Waals surface area contributed by atoms with Crippen LogP contribution in [0.25, 0.3) is 0 Å². The molecular formula is C29H49ClO4SSi. The van der Waals surface area contributed by atoms with E-state index in [2.05, 4.69) is 53.8 Å². The van der Waals surface area contributed by atoms with E-state index in [1.54, 1.807) is 0 Å². The maximum atomic E-state index is 11.7. The second kappa shape index (κ2) is 13.9. The number of ether oxygens (including phenoxy) is 1. The molecule has 6 atom stereocenters. The molecule has 0 amide bonds. The van der Waals surface area contributed by atoms with E-state index < -0.39 is 14.4 Å². The topological polar surface area (TPSA) is 55.8 Å². The van der Waals surface area contributed by atoms with Gasteiger partial charge in [-0.2, -0.15) is 0 Å². The molecule has 1 saturated carbocycles. The number of alkyl halides is 1. The van der Waals surface area contributed by atoms with Crippen LogP contribution in [0.15, 0.2) is 24.3 Å². The summed E-state index contributed by atoms with van der Waals surface area (Å²) < 4.78 is 11.3. The molecule has 1 aliphatic rings. The van der Waals surface area contributed by atoms with Crippen molar-refractivity contribution in [2.75, 3.05) is 7.11 Å². The lowest BCUT2D eigenvalue weighted by molar-refractivity contribution is 0.0606. The molecule has 0 bridgehead atoms. The molecule has 0 unspecified atom stereocenters. The molecule has 0 aromatic carbocycles. The van der Waals surface area contributed by atoms with Gasteiger partial charge in [-0.15, -0.1) is 22.9 Å². The van der Waals surface area contributed by atoms with Crippen molar-refractivity contribution >= 4 is 37.2 Å². The highest BCUT2D eigenvalue weighted by Crippen LogP contribution is 2.44. The van der Waals surface area contributed by atoms with Gasteiger partial charge in [-0.1, -0.05) is 39.8 Å². The van der Waals surface area contributed by atoms with E-state index in [1.165, 1.54) is 23.3 Å². The van der Waals surface area contributed by atoms with Gasteiger partial charge in [-0.25, -0.2) is 4.79 Å². The smallest absolute Gasteiger partial charge is 0.348 e. The zero-order chi connectivity index (χ0) is 27.1. The standard InChI is InChI=1S/C29H49ClO4SSi/c1-20-19-26(30)25(14-10-13-23-16-18-27(35-23)28(32)33-6)24(20)17-15-22(31)12-9-11-21(2)34-36(7,8)29(3,4)5/h15-18,20-22,24-26,31H,9-14,19H2,1-8H3/b17-15+/t20-,21+,22+,24+,25-,26-/m1/s1. The van der Waals surface area contributed by atoms with Gasteiger partial charge in [0.05, 0.1) is 13.2 Å². The summed E-state index contributed by atoms with van der Waals surface area (Å²) in [6.45, 7) is 15.8. The minimum atomic E-state index is -1.75. The fourth-order valence-corrected chi connectivity index (χ4v) is 8.02. The van der Waals surface area contributed by atoms with Crippen LogP contribution in [0, 0.1) is 17.8 Å². The van der Waals surface area contributed by atoms with Gasteiger partial charge in [0, 0.05) is 16.4 Å². The normalized spacial score (nSPS) is 24.8. The Morgan fingerprint density at radius 2 is 1.97 bits per heavy atom. The van der Waals surface area contributed by atoms with Gasteiger partial charge in [0.1, 0.15) is 4.88 Å². The van der Waals surface area contributed by atoms with Crippen LogP contribution >= 0.6 is 22.9 Å². The number of methoxy groups -OCH3 is 1. The fourth-order valence-electron chi connectivity index (χ4n) is 5.00. The number of allylic oxidation sites excluding steroid dienone is 1. The summed E-state index contributed by atoms with van der Waals surface area (Å²) in [5, 5.41) is 11.0. The summed E-state index contributed by atoms with van der Waals surface area (Å²) in [4.78, 5) is 13.6. The monoisotopic (exact) mass is 556 g/mol. The van der Waals surface area contributed by atoms with Gasteiger partial charge in [-0.3, -0.25) is 0 Å². The van der Waals surface area contributed by atoms with Crippen molar-refractivity contribution < 1.29 is 19.1 Å². The third-order valence-electron chi connectivity index (χ3n) is 8.19. The maximum absolute atomic E-state index is 11.7. The first-order chi connectivity index (χ1) is 16.7. The molecule has 0 aliphatic heterocycles.